The largest absolute Gasteiger partial charge is 0.459 e. The zero-order valence-corrected chi connectivity index (χ0v) is 10.6. The van der Waals surface area contributed by atoms with Crippen molar-refractivity contribution in [1.29, 1.82) is 0 Å². The van der Waals surface area contributed by atoms with Crippen LogP contribution in [0.4, 0.5) is 0 Å². The highest BCUT2D eigenvalue weighted by atomic mass is 16.3. The number of hydrazine groups is 1. The summed E-state index contributed by atoms with van der Waals surface area (Å²) in [7, 11) is 0. The number of nitrogens with zero attached hydrogens (tertiary/aromatic N) is 1. The first-order valence-electron chi connectivity index (χ1n) is 6.15. The topological polar surface area (TPSA) is 64.1 Å². The summed E-state index contributed by atoms with van der Waals surface area (Å²) < 4.78 is 5.85. The summed E-state index contributed by atoms with van der Waals surface area (Å²) in [6, 6.07) is 13.6. The van der Waals surface area contributed by atoms with Gasteiger partial charge in [0.1, 0.15) is 17.4 Å². The molecule has 1 aromatic carbocycles. The minimum Gasteiger partial charge on any atom is -0.459 e. The van der Waals surface area contributed by atoms with Gasteiger partial charge < -0.3 is 4.42 Å². The fourth-order valence-electron chi connectivity index (χ4n) is 2.19. The quantitative estimate of drug-likeness (QED) is 0.556. The third-order valence-corrected chi connectivity index (χ3v) is 3.13. The van der Waals surface area contributed by atoms with Gasteiger partial charge in [0.15, 0.2) is 0 Å². The van der Waals surface area contributed by atoms with Gasteiger partial charge in [-0.3, -0.25) is 10.8 Å². The predicted octanol–water partition coefficient (Wildman–Crippen LogP) is 2.69. The van der Waals surface area contributed by atoms with Gasteiger partial charge in [-0.2, -0.15) is 0 Å². The second-order valence-corrected chi connectivity index (χ2v) is 4.54. The average Bonchev–Trinajstić information content (AvgIpc) is 2.83. The molecule has 0 aliphatic carbocycles. The normalized spacial score (nSPS) is 12.7. The molecule has 0 aliphatic rings. The number of nitrogens with two attached hydrogens (primary N) is 1. The van der Waals surface area contributed by atoms with Crippen LogP contribution >= 0.6 is 0 Å². The Balaban J connectivity index is 2.07. The third-order valence-electron chi connectivity index (χ3n) is 3.13. The van der Waals surface area contributed by atoms with Crippen LogP contribution in [-0.2, 0) is 0 Å². The minimum absolute atomic E-state index is 0.242. The van der Waals surface area contributed by atoms with Crippen LogP contribution in [0, 0.1) is 6.92 Å². The third kappa shape index (κ3) is 2.23. The maximum absolute atomic E-state index is 5.85. The summed E-state index contributed by atoms with van der Waals surface area (Å²) in [6.07, 6.45) is 1.74. The molecule has 3 N–H and O–H groups in total. The second-order valence-electron chi connectivity index (χ2n) is 4.54. The number of rotatable bonds is 3. The summed E-state index contributed by atoms with van der Waals surface area (Å²) in [5, 5.41) is 1.08. The van der Waals surface area contributed by atoms with Gasteiger partial charge in [-0.05, 0) is 37.3 Å². The Morgan fingerprint density at radius 1 is 1.21 bits per heavy atom. The van der Waals surface area contributed by atoms with Gasteiger partial charge in [-0.25, -0.2) is 5.43 Å². The summed E-state index contributed by atoms with van der Waals surface area (Å²) in [5.74, 6) is 6.40. The average molecular weight is 253 g/mol. The Labute approximate surface area is 111 Å². The molecule has 0 spiro atoms. The fraction of sp³-hybridized carbons (Fsp3) is 0.133. The zero-order valence-electron chi connectivity index (χ0n) is 10.6. The standard InChI is InChI=1S/C15H15N3O/c1-10-5-6-13-11(8-10)9-14(19-13)15(18-16)12-4-2-3-7-17-12/h2-9,15,18H,16H2,1H3. The van der Waals surface area contributed by atoms with E-state index in [9.17, 15) is 0 Å². The van der Waals surface area contributed by atoms with E-state index in [1.54, 1.807) is 6.20 Å². The van der Waals surface area contributed by atoms with Crippen LogP contribution in [0.3, 0.4) is 0 Å². The van der Waals surface area contributed by atoms with Gasteiger partial charge in [-0.15, -0.1) is 0 Å². The molecule has 0 aliphatic heterocycles. The van der Waals surface area contributed by atoms with Crippen LogP contribution in [0.15, 0.2) is 53.1 Å². The van der Waals surface area contributed by atoms with Crippen LogP contribution < -0.4 is 11.3 Å². The molecule has 19 heavy (non-hydrogen) atoms. The van der Waals surface area contributed by atoms with Gasteiger partial charge >= 0.3 is 0 Å². The molecule has 3 rings (SSSR count). The molecular weight excluding hydrogens is 238 g/mol. The lowest BCUT2D eigenvalue weighted by atomic mass is 10.1. The van der Waals surface area contributed by atoms with Crippen molar-refractivity contribution in [3.63, 3.8) is 0 Å². The van der Waals surface area contributed by atoms with Crippen LogP contribution in [0.5, 0.6) is 0 Å². The summed E-state index contributed by atoms with van der Waals surface area (Å²) in [5.41, 5.74) is 5.65. The lowest BCUT2D eigenvalue weighted by molar-refractivity contribution is 0.471. The number of aryl methyl sites for hydroxylation is 1. The molecule has 96 valence electrons. The highest BCUT2D eigenvalue weighted by molar-refractivity contribution is 5.78. The Morgan fingerprint density at radius 3 is 2.84 bits per heavy atom. The Bertz CT molecular complexity index is 691. The smallest absolute Gasteiger partial charge is 0.134 e. The fourth-order valence-corrected chi connectivity index (χ4v) is 2.19. The second kappa shape index (κ2) is 4.84. The van der Waals surface area contributed by atoms with Crippen molar-refractivity contribution >= 4 is 11.0 Å². The SMILES string of the molecule is Cc1ccc2oc(C(NN)c3ccccn3)cc2c1. The van der Waals surface area contributed by atoms with E-state index in [1.807, 2.05) is 36.4 Å². The molecule has 2 aromatic heterocycles. The van der Waals surface area contributed by atoms with Crippen molar-refractivity contribution in [1.82, 2.24) is 10.4 Å². The number of furan rings is 1. The number of hydrogen-bond acceptors (Lipinski definition) is 4. The highest BCUT2D eigenvalue weighted by Gasteiger charge is 2.18. The van der Waals surface area contributed by atoms with Gasteiger partial charge in [0.2, 0.25) is 0 Å². The van der Waals surface area contributed by atoms with Crippen LogP contribution in [0.2, 0.25) is 0 Å². The van der Waals surface area contributed by atoms with E-state index in [-0.39, 0.29) is 6.04 Å². The first-order chi connectivity index (χ1) is 9.28. The molecule has 4 nitrogen and oxygen atoms in total. The van der Waals surface area contributed by atoms with E-state index < -0.39 is 0 Å². The van der Waals surface area contributed by atoms with Gasteiger partial charge in [-0.1, -0.05) is 17.7 Å². The summed E-state index contributed by atoms with van der Waals surface area (Å²) in [6.45, 7) is 2.06. The molecule has 1 unspecified atom stereocenters. The van der Waals surface area contributed by atoms with Crippen molar-refractivity contribution in [2.45, 2.75) is 13.0 Å². The molecule has 0 saturated carbocycles. The number of nitrogens with one attached hydrogen (secondary N) is 1. The minimum atomic E-state index is -0.242. The van der Waals surface area contributed by atoms with Crippen molar-refractivity contribution in [2.75, 3.05) is 0 Å². The number of fused-ring (bicyclic) bond motifs is 1. The van der Waals surface area contributed by atoms with E-state index in [2.05, 4.69) is 23.4 Å². The monoisotopic (exact) mass is 253 g/mol. The lowest BCUT2D eigenvalue weighted by Gasteiger charge is -2.11. The molecule has 0 amide bonds. The molecule has 0 radical (unpaired) electrons. The van der Waals surface area contributed by atoms with E-state index >= 15 is 0 Å². The van der Waals surface area contributed by atoms with Crippen molar-refractivity contribution in [3.05, 3.63) is 65.7 Å². The highest BCUT2D eigenvalue weighted by Crippen LogP contribution is 2.27. The van der Waals surface area contributed by atoms with Crippen LogP contribution in [0.25, 0.3) is 11.0 Å². The predicted molar refractivity (Wildman–Crippen MR) is 74.4 cm³/mol. The molecule has 0 saturated heterocycles. The Kier molecular flexibility index (Phi) is 3.03. The van der Waals surface area contributed by atoms with Crippen LogP contribution in [-0.4, -0.2) is 4.98 Å². The maximum Gasteiger partial charge on any atom is 0.134 e. The number of aromatic nitrogens is 1. The number of pyridine rings is 1. The summed E-state index contributed by atoms with van der Waals surface area (Å²) >= 11 is 0. The first kappa shape index (κ1) is 11.9. The maximum atomic E-state index is 5.85. The number of hydrogen-bond donors (Lipinski definition) is 2. The van der Waals surface area contributed by atoms with Gasteiger partial charge in [0.25, 0.3) is 0 Å². The van der Waals surface area contributed by atoms with Crippen LogP contribution in [0.1, 0.15) is 23.1 Å². The lowest BCUT2D eigenvalue weighted by Crippen LogP contribution is -2.29. The molecule has 2 heterocycles. The van der Waals surface area contributed by atoms with E-state index in [0.29, 0.717) is 0 Å². The van der Waals surface area contributed by atoms with E-state index in [0.717, 1.165) is 22.4 Å². The van der Waals surface area contributed by atoms with Crippen molar-refractivity contribution in [2.24, 2.45) is 5.84 Å². The van der Waals surface area contributed by atoms with Crippen molar-refractivity contribution < 1.29 is 4.42 Å². The Hall–Kier alpha value is -2.17. The number of benzene rings is 1. The molecule has 4 heteroatoms. The molecule has 3 aromatic rings. The first-order valence-corrected chi connectivity index (χ1v) is 6.15. The van der Waals surface area contributed by atoms with E-state index in [1.165, 1.54) is 5.56 Å². The molecular formula is C15H15N3O. The molecule has 0 bridgehead atoms. The zero-order chi connectivity index (χ0) is 13.2. The van der Waals surface area contributed by atoms with Crippen molar-refractivity contribution in [3.8, 4) is 0 Å². The summed E-state index contributed by atoms with van der Waals surface area (Å²) in [4.78, 5) is 4.31. The van der Waals surface area contributed by atoms with Gasteiger partial charge in [0, 0.05) is 11.6 Å². The molecule has 0 fully saturated rings. The van der Waals surface area contributed by atoms with E-state index in [4.69, 9.17) is 10.3 Å². The Morgan fingerprint density at radius 2 is 2.11 bits per heavy atom. The molecule has 1 atom stereocenters. The van der Waals surface area contributed by atoms with Gasteiger partial charge in [0.05, 0.1) is 5.69 Å².